The number of carbonyl (C=O) groups excluding carboxylic acids is 2. The third-order valence-electron chi connectivity index (χ3n) is 2.36. The molecule has 0 heterocycles. The van der Waals surface area contributed by atoms with E-state index in [1.54, 1.807) is 27.7 Å². The van der Waals surface area contributed by atoms with Gasteiger partial charge in [0.2, 0.25) is 0 Å². The van der Waals surface area contributed by atoms with Crippen LogP contribution in [0.1, 0.15) is 34.1 Å². The fourth-order valence-electron chi connectivity index (χ4n) is 1.61. The van der Waals surface area contributed by atoms with Gasteiger partial charge in [0, 0.05) is 4.90 Å². The Morgan fingerprint density at radius 2 is 1.57 bits per heavy atom. The lowest BCUT2D eigenvalue weighted by Crippen LogP contribution is -2.27. The highest BCUT2D eigenvalue weighted by Gasteiger charge is 2.26. The summed E-state index contributed by atoms with van der Waals surface area (Å²) in [5.41, 5.74) is 0. The molecule has 116 valence electrons. The fraction of sp³-hybridized carbons (Fsp3) is 0.500. The molecule has 0 amide bonds. The first-order valence-electron chi connectivity index (χ1n) is 7.00. The molecule has 0 fully saturated rings. The molecule has 1 aromatic rings. The van der Waals surface area contributed by atoms with Crippen LogP contribution in [-0.4, -0.2) is 29.4 Å². The Labute approximate surface area is 130 Å². The number of hydrogen-bond acceptors (Lipinski definition) is 5. The van der Waals surface area contributed by atoms with Crippen LogP contribution < -0.4 is 0 Å². The Morgan fingerprint density at radius 1 is 1.00 bits per heavy atom. The number of thioether (sulfide) groups is 1. The summed E-state index contributed by atoms with van der Waals surface area (Å²) >= 11 is 1.32. The van der Waals surface area contributed by atoms with E-state index >= 15 is 0 Å². The molecule has 0 N–H and O–H groups in total. The predicted molar refractivity (Wildman–Crippen MR) is 83.2 cm³/mol. The third kappa shape index (κ3) is 7.18. The molecule has 0 aliphatic carbocycles. The molecule has 0 saturated carbocycles. The van der Waals surface area contributed by atoms with Crippen LogP contribution in [0.3, 0.4) is 0 Å². The standard InChI is InChI=1S/C16H22O4S/c1-11(2)19-15(17)10-14(16(18)20-12(3)4)21-13-8-6-5-7-9-13/h5-9,11-12,14H,10H2,1-4H3. The van der Waals surface area contributed by atoms with E-state index in [0.717, 1.165) is 4.90 Å². The summed E-state index contributed by atoms with van der Waals surface area (Å²) in [5.74, 6) is -0.779. The van der Waals surface area contributed by atoms with E-state index in [1.165, 1.54) is 11.8 Å². The number of carbonyl (C=O) groups is 2. The average Bonchev–Trinajstić information content (AvgIpc) is 2.37. The highest BCUT2D eigenvalue weighted by atomic mass is 32.2. The largest absolute Gasteiger partial charge is 0.463 e. The van der Waals surface area contributed by atoms with Crippen LogP contribution in [0.5, 0.6) is 0 Å². The quantitative estimate of drug-likeness (QED) is 0.570. The molecule has 21 heavy (non-hydrogen) atoms. The van der Waals surface area contributed by atoms with Gasteiger partial charge in [-0.2, -0.15) is 0 Å². The van der Waals surface area contributed by atoms with Crippen molar-refractivity contribution in [3.63, 3.8) is 0 Å². The lowest BCUT2D eigenvalue weighted by Gasteiger charge is -2.17. The number of hydrogen-bond donors (Lipinski definition) is 0. The van der Waals surface area contributed by atoms with E-state index in [1.807, 2.05) is 30.3 Å². The maximum atomic E-state index is 12.1. The van der Waals surface area contributed by atoms with Gasteiger partial charge in [-0.1, -0.05) is 18.2 Å². The van der Waals surface area contributed by atoms with Gasteiger partial charge >= 0.3 is 11.9 Å². The van der Waals surface area contributed by atoms with Crippen molar-refractivity contribution < 1.29 is 19.1 Å². The molecule has 1 aromatic carbocycles. The minimum atomic E-state index is -0.596. The van der Waals surface area contributed by atoms with Crippen LogP contribution in [0.4, 0.5) is 0 Å². The summed E-state index contributed by atoms with van der Waals surface area (Å²) in [4.78, 5) is 24.8. The molecular weight excluding hydrogens is 288 g/mol. The monoisotopic (exact) mass is 310 g/mol. The van der Waals surface area contributed by atoms with Crippen molar-refractivity contribution in [2.75, 3.05) is 0 Å². The first-order valence-corrected chi connectivity index (χ1v) is 7.88. The van der Waals surface area contributed by atoms with E-state index in [4.69, 9.17) is 9.47 Å². The zero-order valence-corrected chi connectivity index (χ0v) is 13.7. The van der Waals surface area contributed by atoms with E-state index in [9.17, 15) is 9.59 Å². The highest BCUT2D eigenvalue weighted by molar-refractivity contribution is 8.00. The Kier molecular flexibility index (Phi) is 7.29. The summed E-state index contributed by atoms with van der Waals surface area (Å²) < 4.78 is 10.3. The lowest BCUT2D eigenvalue weighted by atomic mass is 10.3. The van der Waals surface area contributed by atoms with Gasteiger partial charge in [0.15, 0.2) is 0 Å². The van der Waals surface area contributed by atoms with Crippen molar-refractivity contribution >= 4 is 23.7 Å². The summed E-state index contributed by atoms with van der Waals surface area (Å²) in [6, 6.07) is 9.47. The van der Waals surface area contributed by atoms with Crippen LogP contribution in [0.15, 0.2) is 35.2 Å². The van der Waals surface area contributed by atoms with Gasteiger partial charge in [-0.25, -0.2) is 0 Å². The second kappa shape index (κ2) is 8.72. The van der Waals surface area contributed by atoms with Crippen molar-refractivity contribution in [2.24, 2.45) is 0 Å². The normalized spacial score (nSPS) is 12.3. The van der Waals surface area contributed by atoms with Crippen molar-refractivity contribution in [1.29, 1.82) is 0 Å². The zero-order chi connectivity index (χ0) is 15.8. The maximum absolute atomic E-state index is 12.1. The molecule has 1 unspecified atom stereocenters. The minimum Gasteiger partial charge on any atom is -0.463 e. The molecule has 0 spiro atoms. The SMILES string of the molecule is CC(C)OC(=O)CC(Sc1ccccc1)C(=O)OC(C)C. The molecule has 0 aromatic heterocycles. The van der Waals surface area contributed by atoms with E-state index < -0.39 is 5.25 Å². The highest BCUT2D eigenvalue weighted by Crippen LogP contribution is 2.27. The summed E-state index contributed by atoms with van der Waals surface area (Å²) in [5, 5.41) is -0.596. The Balaban J connectivity index is 2.74. The molecule has 0 aliphatic rings. The Morgan fingerprint density at radius 3 is 2.10 bits per heavy atom. The Hall–Kier alpha value is -1.49. The third-order valence-corrected chi connectivity index (χ3v) is 3.54. The molecule has 0 saturated heterocycles. The number of rotatable bonds is 7. The minimum absolute atomic E-state index is 0.00327. The predicted octanol–water partition coefficient (Wildman–Crippen LogP) is 3.44. The van der Waals surface area contributed by atoms with Crippen LogP contribution >= 0.6 is 11.8 Å². The topological polar surface area (TPSA) is 52.6 Å². The molecule has 1 rings (SSSR count). The first kappa shape index (κ1) is 17.6. The van der Waals surface area contributed by atoms with Crippen molar-refractivity contribution in [3.05, 3.63) is 30.3 Å². The van der Waals surface area contributed by atoms with Gasteiger partial charge < -0.3 is 9.47 Å². The van der Waals surface area contributed by atoms with Gasteiger partial charge in [-0.3, -0.25) is 9.59 Å². The second-order valence-electron chi connectivity index (χ2n) is 5.15. The molecular formula is C16H22O4S. The average molecular weight is 310 g/mol. The zero-order valence-electron chi connectivity index (χ0n) is 12.9. The molecule has 0 radical (unpaired) electrons. The molecule has 0 bridgehead atoms. The van der Waals surface area contributed by atoms with Gasteiger partial charge in [-0.15, -0.1) is 11.8 Å². The van der Waals surface area contributed by atoms with Crippen LogP contribution in [-0.2, 0) is 19.1 Å². The van der Waals surface area contributed by atoms with E-state index in [0.29, 0.717) is 0 Å². The van der Waals surface area contributed by atoms with Gasteiger partial charge in [0.1, 0.15) is 5.25 Å². The smallest absolute Gasteiger partial charge is 0.320 e. The molecule has 4 nitrogen and oxygen atoms in total. The molecule has 1 atom stereocenters. The van der Waals surface area contributed by atoms with Crippen LogP contribution in [0.2, 0.25) is 0 Å². The fourth-order valence-corrected chi connectivity index (χ4v) is 2.62. The van der Waals surface area contributed by atoms with Crippen LogP contribution in [0.25, 0.3) is 0 Å². The van der Waals surface area contributed by atoms with Crippen molar-refractivity contribution in [2.45, 2.75) is 56.5 Å². The Bertz CT molecular complexity index is 457. The van der Waals surface area contributed by atoms with Crippen molar-refractivity contribution in [3.8, 4) is 0 Å². The van der Waals surface area contributed by atoms with E-state index in [2.05, 4.69) is 0 Å². The van der Waals surface area contributed by atoms with Gasteiger partial charge in [-0.05, 0) is 39.8 Å². The second-order valence-corrected chi connectivity index (χ2v) is 6.42. The number of esters is 2. The summed E-state index contributed by atoms with van der Waals surface area (Å²) in [6.45, 7) is 7.14. The number of ether oxygens (including phenoxy) is 2. The molecule has 0 aliphatic heterocycles. The molecule has 5 heteroatoms. The summed E-state index contributed by atoms with van der Waals surface area (Å²) in [6.07, 6.45) is -0.401. The maximum Gasteiger partial charge on any atom is 0.320 e. The first-order chi connectivity index (χ1) is 9.88. The number of benzene rings is 1. The summed E-state index contributed by atoms with van der Waals surface area (Å²) in [7, 11) is 0. The van der Waals surface area contributed by atoms with Gasteiger partial charge in [0.25, 0.3) is 0 Å². The van der Waals surface area contributed by atoms with Crippen molar-refractivity contribution in [1.82, 2.24) is 0 Å². The lowest BCUT2D eigenvalue weighted by molar-refractivity contribution is -0.153. The van der Waals surface area contributed by atoms with Crippen LogP contribution in [0, 0.1) is 0 Å². The van der Waals surface area contributed by atoms with Gasteiger partial charge in [0.05, 0.1) is 18.6 Å². The van der Waals surface area contributed by atoms with E-state index in [-0.39, 0.29) is 30.6 Å².